The van der Waals surface area contributed by atoms with Gasteiger partial charge in [-0.25, -0.2) is 0 Å². The van der Waals surface area contributed by atoms with Crippen molar-refractivity contribution in [2.24, 2.45) is 5.92 Å². The molecule has 0 amide bonds. The summed E-state index contributed by atoms with van der Waals surface area (Å²) in [5, 5.41) is 3.66. The van der Waals surface area contributed by atoms with Gasteiger partial charge >= 0.3 is 0 Å². The molecule has 0 aliphatic carbocycles. The van der Waals surface area contributed by atoms with E-state index in [2.05, 4.69) is 42.9 Å². The molecule has 0 aromatic rings. The summed E-state index contributed by atoms with van der Waals surface area (Å²) in [6, 6.07) is 0.669. The highest BCUT2D eigenvalue weighted by Gasteiger charge is 2.11. The molecule has 1 saturated heterocycles. The second-order valence-corrected chi connectivity index (χ2v) is 6.32. The monoisotopic (exact) mass is 255 g/mol. The van der Waals surface area contributed by atoms with Crippen LogP contribution in [0.1, 0.15) is 40.0 Å². The van der Waals surface area contributed by atoms with Crippen molar-refractivity contribution in [2.75, 3.05) is 46.3 Å². The maximum atomic E-state index is 3.66. The molecule has 3 nitrogen and oxygen atoms in total. The van der Waals surface area contributed by atoms with Gasteiger partial charge in [0.2, 0.25) is 0 Å². The maximum absolute atomic E-state index is 3.66. The molecule has 1 N–H and O–H groups in total. The Kier molecular flexibility index (Phi) is 7.87. The van der Waals surface area contributed by atoms with Crippen molar-refractivity contribution in [3.8, 4) is 0 Å². The summed E-state index contributed by atoms with van der Waals surface area (Å²) in [6.07, 6.45) is 3.96. The lowest BCUT2D eigenvalue weighted by molar-refractivity contribution is 0.271. The van der Waals surface area contributed by atoms with Crippen LogP contribution in [0.15, 0.2) is 0 Å². The van der Waals surface area contributed by atoms with Gasteiger partial charge in [-0.2, -0.15) is 0 Å². The van der Waals surface area contributed by atoms with Gasteiger partial charge < -0.3 is 15.1 Å². The van der Waals surface area contributed by atoms with Gasteiger partial charge in [-0.05, 0) is 52.2 Å². The Bertz CT molecular complexity index is 206. The van der Waals surface area contributed by atoms with E-state index in [-0.39, 0.29) is 0 Å². The highest BCUT2D eigenvalue weighted by atomic mass is 15.2. The number of rotatable bonds is 7. The Hall–Kier alpha value is -0.120. The van der Waals surface area contributed by atoms with E-state index in [1.165, 1.54) is 52.0 Å². The average molecular weight is 255 g/mol. The zero-order valence-electron chi connectivity index (χ0n) is 12.9. The van der Waals surface area contributed by atoms with Crippen LogP contribution < -0.4 is 5.32 Å². The summed E-state index contributed by atoms with van der Waals surface area (Å²) in [6.45, 7) is 14.3. The maximum Gasteiger partial charge on any atom is 0.0110 e. The summed E-state index contributed by atoms with van der Waals surface area (Å²) in [5.74, 6) is 0.829. The van der Waals surface area contributed by atoms with Crippen molar-refractivity contribution in [3.05, 3.63) is 0 Å². The summed E-state index contributed by atoms with van der Waals surface area (Å²) >= 11 is 0. The number of likely N-dealkylation sites (N-methyl/N-ethyl adjacent to an activating group) is 1. The largest absolute Gasteiger partial charge is 0.313 e. The SMILES string of the molecule is CC(C)CCC(C)NCCN1CCCN(C)CC1. The van der Waals surface area contributed by atoms with Crippen molar-refractivity contribution in [2.45, 2.75) is 46.1 Å². The molecule has 0 saturated carbocycles. The highest BCUT2D eigenvalue weighted by molar-refractivity contribution is 4.69. The first-order chi connectivity index (χ1) is 8.58. The molecule has 1 heterocycles. The van der Waals surface area contributed by atoms with E-state index in [1.807, 2.05) is 0 Å². The molecule has 0 bridgehead atoms. The predicted octanol–water partition coefficient (Wildman–Crippen LogP) is 2.04. The van der Waals surface area contributed by atoms with Crippen molar-refractivity contribution in [1.29, 1.82) is 0 Å². The van der Waals surface area contributed by atoms with E-state index in [0.717, 1.165) is 12.5 Å². The Morgan fingerprint density at radius 3 is 2.50 bits per heavy atom. The van der Waals surface area contributed by atoms with Crippen molar-refractivity contribution in [1.82, 2.24) is 15.1 Å². The fourth-order valence-electron chi connectivity index (χ4n) is 2.48. The number of hydrogen-bond donors (Lipinski definition) is 1. The first-order valence-corrected chi connectivity index (χ1v) is 7.72. The van der Waals surface area contributed by atoms with Crippen LogP contribution in [-0.4, -0.2) is 62.2 Å². The van der Waals surface area contributed by atoms with Gasteiger partial charge in [0.1, 0.15) is 0 Å². The van der Waals surface area contributed by atoms with Crippen LogP contribution in [0.3, 0.4) is 0 Å². The van der Waals surface area contributed by atoms with Crippen LogP contribution in [0.25, 0.3) is 0 Å². The highest BCUT2D eigenvalue weighted by Crippen LogP contribution is 2.06. The van der Waals surface area contributed by atoms with Crippen LogP contribution >= 0.6 is 0 Å². The zero-order chi connectivity index (χ0) is 13.4. The molecular weight excluding hydrogens is 222 g/mol. The zero-order valence-corrected chi connectivity index (χ0v) is 12.9. The fraction of sp³-hybridized carbons (Fsp3) is 1.00. The second-order valence-electron chi connectivity index (χ2n) is 6.32. The first kappa shape index (κ1) is 15.9. The van der Waals surface area contributed by atoms with E-state index in [1.54, 1.807) is 0 Å². The minimum atomic E-state index is 0.669. The van der Waals surface area contributed by atoms with Crippen LogP contribution in [-0.2, 0) is 0 Å². The number of nitrogens with one attached hydrogen (secondary N) is 1. The molecule has 0 radical (unpaired) electrons. The van der Waals surface area contributed by atoms with Crippen molar-refractivity contribution < 1.29 is 0 Å². The van der Waals surface area contributed by atoms with Gasteiger partial charge in [-0.1, -0.05) is 13.8 Å². The van der Waals surface area contributed by atoms with Crippen LogP contribution in [0, 0.1) is 5.92 Å². The van der Waals surface area contributed by atoms with Crippen LogP contribution in [0.5, 0.6) is 0 Å². The minimum Gasteiger partial charge on any atom is -0.313 e. The Balaban J connectivity index is 2.05. The van der Waals surface area contributed by atoms with Gasteiger partial charge in [-0.3, -0.25) is 0 Å². The van der Waals surface area contributed by atoms with Gasteiger partial charge in [-0.15, -0.1) is 0 Å². The molecular formula is C15H33N3. The van der Waals surface area contributed by atoms with Gasteiger partial charge in [0, 0.05) is 32.2 Å². The molecule has 1 aliphatic rings. The Labute approximate surface area is 114 Å². The molecule has 0 aromatic carbocycles. The molecule has 3 heteroatoms. The standard InChI is InChI=1S/C15H33N3/c1-14(2)6-7-15(3)16-8-11-18-10-5-9-17(4)12-13-18/h14-16H,5-13H2,1-4H3. The molecule has 1 fully saturated rings. The molecule has 0 aromatic heterocycles. The first-order valence-electron chi connectivity index (χ1n) is 7.72. The van der Waals surface area contributed by atoms with Crippen molar-refractivity contribution >= 4 is 0 Å². The number of nitrogens with zero attached hydrogens (tertiary/aromatic N) is 2. The third kappa shape index (κ3) is 7.34. The Morgan fingerprint density at radius 1 is 1.00 bits per heavy atom. The smallest absolute Gasteiger partial charge is 0.0110 e. The van der Waals surface area contributed by atoms with Gasteiger partial charge in [0.15, 0.2) is 0 Å². The van der Waals surface area contributed by atoms with E-state index in [4.69, 9.17) is 0 Å². The molecule has 0 spiro atoms. The van der Waals surface area contributed by atoms with Crippen LogP contribution in [0.4, 0.5) is 0 Å². The Morgan fingerprint density at radius 2 is 1.78 bits per heavy atom. The van der Waals surface area contributed by atoms with Crippen LogP contribution in [0.2, 0.25) is 0 Å². The number of hydrogen-bond acceptors (Lipinski definition) is 3. The van der Waals surface area contributed by atoms with Gasteiger partial charge in [0.05, 0.1) is 0 Å². The molecule has 1 rings (SSSR count). The topological polar surface area (TPSA) is 18.5 Å². The average Bonchev–Trinajstić information content (AvgIpc) is 2.52. The summed E-state index contributed by atoms with van der Waals surface area (Å²) < 4.78 is 0. The molecule has 108 valence electrons. The quantitative estimate of drug-likeness (QED) is 0.751. The van der Waals surface area contributed by atoms with E-state index < -0.39 is 0 Å². The lowest BCUT2D eigenvalue weighted by Crippen LogP contribution is -2.37. The van der Waals surface area contributed by atoms with Gasteiger partial charge in [0.25, 0.3) is 0 Å². The minimum absolute atomic E-state index is 0.669. The summed E-state index contributed by atoms with van der Waals surface area (Å²) in [5.41, 5.74) is 0. The molecule has 1 unspecified atom stereocenters. The van der Waals surface area contributed by atoms with E-state index in [9.17, 15) is 0 Å². The normalized spacial score (nSPS) is 21.2. The second kappa shape index (κ2) is 8.89. The lowest BCUT2D eigenvalue weighted by atomic mass is 10.0. The summed E-state index contributed by atoms with van der Waals surface area (Å²) in [7, 11) is 2.23. The third-order valence-electron chi connectivity index (χ3n) is 3.91. The molecule has 18 heavy (non-hydrogen) atoms. The summed E-state index contributed by atoms with van der Waals surface area (Å²) in [4.78, 5) is 5.05. The fourth-order valence-corrected chi connectivity index (χ4v) is 2.48. The lowest BCUT2D eigenvalue weighted by Gasteiger charge is -2.22. The molecule has 1 aliphatic heterocycles. The predicted molar refractivity (Wildman–Crippen MR) is 80.1 cm³/mol. The van der Waals surface area contributed by atoms with E-state index in [0.29, 0.717) is 6.04 Å². The van der Waals surface area contributed by atoms with E-state index >= 15 is 0 Å². The van der Waals surface area contributed by atoms with Crippen molar-refractivity contribution in [3.63, 3.8) is 0 Å². The molecule has 1 atom stereocenters. The third-order valence-corrected chi connectivity index (χ3v) is 3.91.